The Labute approximate surface area is 210 Å². The van der Waals surface area contributed by atoms with E-state index in [9.17, 15) is 14.4 Å². The molecular formula is C26H21ClN4O5. The lowest BCUT2D eigenvalue weighted by Crippen LogP contribution is -2.46. The van der Waals surface area contributed by atoms with Gasteiger partial charge >= 0.3 is 5.69 Å². The highest BCUT2D eigenvalue weighted by atomic mass is 35.5. The second kappa shape index (κ2) is 9.71. The second-order valence-electron chi connectivity index (χ2n) is 8.27. The number of hydrogen-bond acceptors (Lipinski definition) is 6. The lowest BCUT2D eigenvalue weighted by Gasteiger charge is -2.13. The maximum absolute atomic E-state index is 13.3. The van der Waals surface area contributed by atoms with Crippen LogP contribution in [-0.4, -0.2) is 27.0 Å². The van der Waals surface area contributed by atoms with Gasteiger partial charge in [0, 0.05) is 11.6 Å². The summed E-state index contributed by atoms with van der Waals surface area (Å²) in [4.78, 5) is 39.7. The van der Waals surface area contributed by atoms with Crippen molar-refractivity contribution in [2.45, 2.75) is 20.0 Å². The fraction of sp³-hybridized carbons (Fsp3) is 0.154. The Morgan fingerprint density at radius 2 is 1.78 bits per heavy atom. The molecule has 2 heterocycles. The molecular weight excluding hydrogens is 484 g/mol. The molecule has 1 N–H and O–H groups in total. The average Bonchev–Trinajstić information content (AvgIpc) is 3.34. The van der Waals surface area contributed by atoms with Crippen LogP contribution in [0.25, 0.3) is 5.69 Å². The number of aromatic nitrogens is 3. The van der Waals surface area contributed by atoms with Crippen molar-refractivity contribution in [3.63, 3.8) is 0 Å². The summed E-state index contributed by atoms with van der Waals surface area (Å²) in [5.74, 6) is 0.496. The molecule has 1 aromatic heterocycles. The van der Waals surface area contributed by atoms with Gasteiger partial charge in [-0.1, -0.05) is 47.5 Å². The van der Waals surface area contributed by atoms with Crippen LogP contribution in [0.2, 0.25) is 5.02 Å². The number of fused-ring (bicyclic) bond motifs is 1. The van der Waals surface area contributed by atoms with Crippen molar-refractivity contribution in [2.75, 3.05) is 6.79 Å². The van der Waals surface area contributed by atoms with Gasteiger partial charge in [0.2, 0.25) is 12.5 Å². The molecule has 0 saturated carbocycles. The van der Waals surface area contributed by atoms with Crippen LogP contribution in [-0.2, 0) is 13.1 Å². The van der Waals surface area contributed by atoms with Crippen molar-refractivity contribution < 1.29 is 14.3 Å². The third-order valence-corrected chi connectivity index (χ3v) is 5.91. The minimum atomic E-state index is -0.782. The summed E-state index contributed by atoms with van der Waals surface area (Å²) in [7, 11) is 0. The molecule has 36 heavy (non-hydrogen) atoms. The smallest absolute Gasteiger partial charge is 0.352 e. The minimum Gasteiger partial charge on any atom is -0.454 e. The lowest BCUT2D eigenvalue weighted by atomic mass is 10.1. The van der Waals surface area contributed by atoms with Gasteiger partial charge in [-0.2, -0.15) is 9.78 Å². The van der Waals surface area contributed by atoms with E-state index in [0.717, 1.165) is 25.9 Å². The summed E-state index contributed by atoms with van der Waals surface area (Å²) in [6, 6.07) is 19.1. The van der Waals surface area contributed by atoms with E-state index in [1.165, 1.54) is 0 Å². The fourth-order valence-electron chi connectivity index (χ4n) is 3.86. The van der Waals surface area contributed by atoms with Crippen molar-refractivity contribution >= 4 is 17.5 Å². The van der Waals surface area contributed by atoms with Gasteiger partial charge in [-0.25, -0.2) is 4.79 Å². The van der Waals surface area contributed by atoms with Gasteiger partial charge in [-0.15, -0.1) is 0 Å². The summed E-state index contributed by atoms with van der Waals surface area (Å²) in [5, 5.41) is 7.31. The van der Waals surface area contributed by atoms with E-state index in [4.69, 9.17) is 21.1 Å². The number of benzene rings is 3. The highest BCUT2D eigenvalue weighted by Crippen LogP contribution is 2.32. The number of nitrogens with one attached hydrogen (secondary N) is 1. The van der Waals surface area contributed by atoms with E-state index in [0.29, 0.717) is 22.2 Å². The molecule has 0 aliphatic carbocycles. The number of hydrogen-bond donors (Lipinski definition) is 1. The summed E-state index contributed by atoms with van der Waals surface area (Å²) in [6.07, 6.45) is 0. The first-order valence-electron chi connectivity index (χ1n) is 11.1. The number of nitrogens with zero attached hydrogens (tertiary/aromatic N) is 3. The number of aryl methyl sites for hydroxylation is 1. The summed E-state index contributed by atoms with van der Waals surface area (Å²) < 4.78 is 12.7. The molecule has 1 aliphatic heterocycles. The van der Waals surface area contributed by atoms with Crippen LogP contribution in [0.4, 0.5) is 0 Å². The van der Waals surface area contributed by atoms with E-state index >= 15 is 0 Å². The molecule has 0 spiro atoms. The SMILES string of the molecule is Cc1cccc(Cn2c(=O)c(C(=O)NCc3ccc4c(c3)OCO4)nn(-c3ccc(Cl)cc3)c2=O)c1. The Balaban J connectivity index is 1.52. The largest absolute Gasteiger partial charge is 0.454 e. The van der Waals surface area contributed by atoms with Crippen LogP contribution in [0.1, 0.15) is 27.2 Å². The van der Waals surface area contributed by atoms with Crippen molar-refractivity contribution in [2.24, 2.45) is 0 Å². The van der Waals surface area contributed by atoms with Gasteiger partial charge in [0.25, 0.3) is 11.5 Å². The molecule has 0 radical (unpaired) electrons. The first-order valence-corrected chi connectivity index (χ1v) is 11.5. The lowest BCUT2D eigenvalue weighted by molar-refractivity contribution is 0.0941. The average molecular weight is 505 g/mol. The molecule has 3 aromatic carbocycles. The Morgan fingerprint density at radius 3 is 2.56 bits per heavy atom. The predicted octanol–water partition coefficient (Wildman–Crippen LogP) is 3.06. The Kier molecular flexibility index (Phi) is 6.30. The second-order valence-corrected chi connectivity index (χ2v) is 8.71. The zero-order valence-electron chi connectivity index (χ0n) is 19.2. The molecule has 0 fully saturated rings. The van der Waals surface area contributed by atoms with Crippen LogP contribution >= 0.6 is 11.6 Å². The van der Waals surface area contributed by atoms with Gasteiger partial charge in [0.1, 0.15) is 0 Å². The van der Waals surface area contributed by atoms with E-state index < -0.39 is 22.9 Å². The molecule has 0 atom stereocenters. The van der Waals surface area contributed by atoms with Crippen LogP contribution in [0, 0.1) is 6.92 Å². The molecule has 0 saturated heterocycles. The topological polar surface area (TPSA) is 104 Å². The first kappa shape index (κ1) is 23.4. The quantitative estimate of drug-likeness (QED) is 0.433. The Hall–Kier alpha value is -4.37. The number of carbonyl (C=O) groups is 1. The number of ether oxygens (including phenoxy) is 2. The summed E-state index contributed by atoms with van der Waals surface area (Å²) >= 11 is 5.99. The van der Waals surface area contributed by atoms with Gasteiger partial charge in [0.05, 0.1) is 12.2 Å². The van der Waals surface area contributed by atoms with Crippen molar-refractivity contribution in [1.82, 2.24) is 19.7 Å². The highest BCUT2D eigenvalue weighted by molar-refractivity contribution is 6.30. The minimum absolute atomic E-state index is 0.0160. The first-order chi connectivity index (χ1) is 17.4. The van der Waals surface area contributed by atoms with Gasteiger partial charge in [-0.05, 0) is 54.4 Å². The van der Waals surface area contributed by atoms with Crippen molar-refractivity contribution in [1.29, 1.82) is 0 Å². The van der Waals surface area contributed by atoms with E-state index in [1.54, 1.807) is 42.5 Å². The van der Waals surface area contributed by atoms with E-state index in [1.807, 2.05) is 31.2 Å². The van der Waals surface area contributed by atoms with Gasteiger partial charge in [-0.3, -0.25) is 14.2 Å². The van der Waals surface area contributed by atoms with Crippen LogP contribution < -0.4 is 26.0 Å². The molecule has 10 heteroatoms. The Bertz CT molecular complexity index is 1580. The zero-order chi connectivity index (χ0) is 25.2. The fourth-order valence-corrected chi connectivity index (χ4v) is 3.98. The van der Waals surface area contributed by atoms with Crippen LogP contribution in [0.5, 0.6) is 11.5 Å². The van der Waals surface area contributed by atoms with Crippen LogP contribution in [0.3, 0.4) is 0 Å². The highest BCUT2D eigenvalue weighted by Gasteiger charge is 2.21. The van der Waals surface area contributed by atoms with E-state index in [-0.39, 0.29) is 19.9 Å². The monoisotopic (exact) mass is 504 g/mol. The number of amides is 1. The maximum atomic E-state index is 13.3. The summed E-state index contributed by atoms with van der Waals surface area (Å²) in [6.45, 7) is 2.16. The molecule has 9 nitrogen and oxygen atoms in total. The third-order valence-electron chi connectivity index (χ3n) is 5.66. The van der Waals surface area contributed by atoms with Gasteiger partial charge < -0.3 is 14.8 Å². The Morgan fingerprint density at radius 1 is 1.00 bits per heavy atom. The van der Waals surface area contributed by atoms with Crippen molar-refractivity contribution in [3.8, 4) is 17.2 Å². The molecule has 1 aliphatic rings. The number of halogens is 1. The normalized spacial score (nSPS) is 11.9. The van der Waals surface area contributed by atoms with E-state index in [2.05, 4.69) is 10.4 Å². The molecule has 0 bridgehead atoms. The standard InChI is InChI=1S/C26H21ClN4O5/c1-16-3-2-4-18(11-16)14-30-25(33)23(29-31(26(30)34)20-8-6-19(27)7-9-20)24(32)28-13-17-5-10-21-22(12-17)36-15-35-21/h2-12H,13-15H2,1H3,(H,28,32). The molecule has 182 valence electrons. The van der Waals surface area contributed by atoms with Crippen LogP contribution in [0.15, 0.2) is 76.3 Å². The zero-order valence-corrected chi connectivity index (χ0v) is 20.0. The predicted molar refractivity (Wildman–Crippen MR) is 133 cm³/mol. The van der Waals surface area contributed by atoms with Crippen molar-refractivity contribution in [3.05, 3.63) is 115 Å². The number of rotatable bonds is 6. The number of carbonyl (C=O) groups excluding carboxylic acids is 1. The maximum Gasteiger partial charge on any atom is 0.352 e. The van der Waals surface area contributed by atoms with Gasteiger partial charge in [0.15, 0.2) is 11.5 Å². The molecule has 0 unspecified atom stereocenters. The molecule has 5 rings (SSSR count). The molecule has 4 aromatic rings. The molecule has 1 amide bonds. The summed E-state index contributed by atoms with van der Waals surface area (Å²) in [5.41, 5.74) is 0.985. The third kappa shape index (κ3) is 4.73.